The Kier molecular flexibility index (Phi) is 5.82. The van der Waals surface area contributed by atoms with Gasteiger partial charge in [0.25, 0.3) is 11.7 Å². The molecule has 3 aromatic rings. The van der Waals surface area contributed by atoms with E-state index in [1.807, 2.05) is 44.2 Å². The van der Waals surface area contributed by atoms with Crippen molar-refractivity contribution in [3.05, 3.63) is 100 Å². The third-order valence-corrected chi connectivity index (χ3v) is 6.32. The molecule has 4 rings (SSSR count). The largest absolute Gasteiger partial charge is 0.508 e. The zero-order valence-electron chi connectivity index (χ0n) is 20.1. The summed E-state index contributed by atoms with van der Waals surface area (Å²) in [6.07, 6.45) is 0. The van der Waals surface area contributed by atoms with Crippen molar-refractivity contribution < 1.29 is 19.8 Å². The summed E-state index contributed by atoms with van der Waals surface area (Å²) in [6.45, 7) is 10.0. The number of nitrogens with zero attached hydrogens (tertiary/aromatic N) is 1. The number of carbonyl (C=O) groups is 2. The maximum atomic E-state index is 13.4. The number of phenols is 1. The minimum atomic E-state index is -0.832. The number of carbonyl (C=O) groups excluding carboxylic acids is 2. The van der Waals surface area contributed by atoms with Crippen LogP contribution in [-0.2, 0) is 15.0 Å². The Labute approximate surface area is 200 Å². The first-order chi connectivity index (χ1) is 16.0. The van der Waals surface area contributed by atoms with Gasteiger partial charge in [-0.15, -0.1) is 0 Å². The average Bonchev–Trinajstić information content (AvgIpc) is 3.04. The number of aromatic hydroxyl groups is 1. The molecule has 1 unspecified atom stereocenters. The number of phenolic OH excluding ortho intramolecular Hbond substituents is 1. The van der Waals surface area contributed by atoms with Crippen molar-refractivity contribution in [3.8, 4) is 5.75 Å². The van der Waals surface area contributed by atoms with Crippen LogP contribution in [-0.4, -0.2) is 21.9 Å². The van der Waals surface area contributed by atoms with Crippen molar-refractivity contribution >= 4 is 23.1 Å². The van der Waals surface area contributed by atoms with Crippen LogP contribution in [0.5, 0.6) is 5.75 Å². The van der Waals surface area contributed by atoms with Crippen LogP contribution in [0.4, 0.5) is 5.69 Å². The molecule has 174 valence electrons. The molecule has 0 aliphatic carbocycles. The Morgan fingerprint density at radius 1 is 0.882 bits per heavy atom. The van der Waals surface area contributed by atoms with Crippen LogP contribution in [0.2, 0.25) is 0 Å². The Morgan fingerprint density at radius 3 is 2.09 bits per heavy atom. The van der Waals surface area contributed by atoms with Gasteiger partial charge in [-0.25, -0.2) is 0 Å². The molecule has 1 fully saturated rings. The molecule has 1 heterocycles. The van der Waals surface area contributed by atoms with Crippen LogP contribution in [0.3, 0.4) is 0 Å². The van der Waals surface area contributed by atoms with E-state index < -0.39 is 17.7 Å². The van der Waals surface area contributed by atoms with Crippen LogP contribution in [0.15, 0.2) is 72.3 Å². The van der Waals surface area contributed by atoms with E-state index in [0.29, 0.717) is 16.8 Å². The standard InChI is InChI=1S/C29H29NO4/c1-17-6-12-21(13-7-17)30-25(19-9-14-22(31)15-10-19)24(27(33)28(30)34)26(32)23-16-20(29(3,4)5)11-8-18(23)2/h6-16,25,31-32H,1-5H3/b26-24+. The molecule has 0 aromatic heterocycles. The van der Waals surface area contributed by atoms with E-state index in [4.69, 9.17) is 0 Å². The summed E-state index contributed by atoms with van der Waals surface area (Å²) in [6, 6.07) is 18.7. The molecule has 3 aromatic carbocycles. The number of aliphatic hydroxyl groups is 1. The Balaban J connectivity index is 1.97. The summed E-state index contributed by atoms with van der Waals surface area (Å²) in [5.41, 5.74) is 4.41. The van der Waals surface area contributed by atoms with Crippen molar-refractivity contribution in [2.45, 2.75) is 46.1 Å². The fourth-order valence-corrected chi connectivity index (χ4v) is 4.26. The second-order valence-electron chi connectivity index (χ2n) is 9.88. The number of hydrogen-bond donors (Lipinski definition) is 2. The summed E-state index contributed by atoms with van der Waals surface area (Å²) in [5.74, 6) is -1.57. The number of rotatable bonds is 3. The molecular formula is C29H29NO4. The van der Waals surface area contributed by atoms with Gasteiger partial charge in [-0.2, -0.15) is 0 Å². The minimum absolute atomic E-state index is 0.0328. The fourth-order valence-electron chi connectivity index (χ4n) is 4.26. The minimum Gasteiger partial charge on any atom is -0.508 e. The fraction of sp³-hybridized carbons (Fsp3) is 0.241. The number of aliphatic hydroxyl groups excluding tert-OH is 1. The number of anilines is 1. The van der Waals surface area contributed by atoms with Gasteiger partial charge in [-0.3, -0.25) is 14.5 Å². The lowest BCUT2D eigenvalue weighted by atomic mass is 9.84. The van der Waals surface area contributed by atoms with Gasteiger partial charge in [-0.1, -0.05) is 62.7 Å². The zero-order chi connectivity index (χ0) is 24.8. The van der Waals surface area contributed by atoms with Gasteiger partial charge in [0.1, 0.15) is 11.5 Å². The molecule has 5 heteroatoms. The van der Waals surface area contributed by atoms with Crippen molar-refractivity contribution in [1.29, 1.82) is 0 Å². The van der Waals surface area contributed by atoms with Gasteiger partial charge >= 0.3 is 0 Å². The first-order valence-corrected chi connectivity index (χ1v) is 11.3. The number of amides is 1. The molecule has 1 aliphatic rings. The van der Waals surface area contributed by atoms with Crippen molar-refractivity contribution in [1.82, 2.24) is 0 Å². The van der Waals surface area contributed by atoms with E-state index in [0.717, 1.165) is 16.7 Å². The third-order valence-electron chi connectivity index (χ3n) is 6.32. The quantitative estimate of drug-likeness (QED) is 0.291. The van der Waals surface area contributed by atoms with Gasteiger partial charge < -0.3 is 10.2 Å². The van der Waals surface area contributed by atoms with Crippen molar-refractivity contribution in [2.75, 3.05) is 4.90 Å². The van der Waals surface area contributed by atoms with Crippen LogP contribution in [0, 0.1) is 13.8 Å². The van der Waals surface area contributed by atoms with Gasteiger partial charge in [0.05, 0.1) is 11.6 Å². The van der Waals surface area contributed by atoms with Crippen LogP contribution in [0.1, 0.15) is 54.6 Å². The predicted molar refractivity (Wildman–Crippen MR) is 134 cm³/mol. The molecular weight excluding hydrogens is 426 g/mol. The van der Waals surface area contributed by atoms with Crippen LogP contribution >= 0.6 is 0 Å². The lowest BCUT2D eigenvalue weighted by molar-refractivity contribution is -0.132. The topological polar surface area (TPSA) is 77.8 Å². The summed E-state index contributed by atoms with van der Waals surface area (Å²) in [7, 11) is 0. The van der Waals surface area contributed by atoms with Crippen LogP contribution in [0.25, 0.3) is 5.76 Å². The van der Waals surface area contributed by atoms with Gasteiger partial charge in [-0.05, 0) is 66.3 Å². The summed E-state index contributed by atoms with van der Waals surface area (Å²) in [4.78, 5) is 28.1. The number of ketones is 1. The number of aryl methyl sites for hydroxylation is 2. The third kappa shape index (κ3) is 4.10. The SMILES string of the molecule is Cc1ccc(N2C(=O)C(=O)/C(=C(/O)c3cc(C(C)(C)C)ccc3C)C2c2ccc(O)cc2)cc1. The Morgan fingerprint density at radius 2 is 1.50 bits per heavy atom. The van der Waals surface area contributed by atoms with Crippen LogP contribution < -0.4 is 4.90 Å². The summed E-state index contributed by atoms with van der Waals surface area (Å²) >= 11 is 0. The molecule has 0 saturated carbocycles. The van der Waals surface area contributed by atoms with E-state index in [9.17, 15) is 19.8 Å². The molecule has 0 radical (unpaired) electrons. The highest BCUT2D eigenvalue weighted by molar-refractivity contribution is 6.51. The van der Waals surface area contributed by atoms with Crippen molar-refractivity contribution in [3.63, 3.8) is 0 Å². The molecule has 5 nitrogen and oxygen atoms in total. The maximum Gasteiger partial charge on any atom is 0.300 e. The van der Waals surface area contributed by atoms with E-state index in [1.54, 1.807) is 24.3 Å². The average molecular weight is 456 g/mol. The Bertz CT molecular complexity index is 1300. The lowest BCUT2D eigenvalue weighted by Crippen LogP contribution is -2.29. The molecule has 1 aliphatic heterocycles. The molecule has 0 bridgehead atoms. The smallest absolute Gasteiger partial charge is 0.300 e. The monoisotopic (exact) mass is 455 g/mol. The molecule has 1 amide bonds. The summed E-state index contributed by atoms with van der Waals surface area (Å²) < 4.78 is 0. The predicted octanol–water partition coefficient (Wildman–Crippen LogP) is 5.93. The van der Waals surface area contributed by atoms with E-state index in [-0.39, 0.29) is 22.5 Å². The van der Waals surface area contributed by atoms with E-state index >= 15 is 0 Å². The molecule has 34 heavy (non-hydrogen) atoms. The first kappa shape index (κ1) is 23.3. The molecule has 1 atom stereocenters. The second-order valence-corrected chi connectivity index (χ2v) is 9.88. The van der Waals surface area contributed by atoms with Gasteiger partial charge in [0.15, 0.2) is 0 Å². The van der Waals surface area contributed by atoms with Gasteiger partial charge in [0.2, 0.25) is 0 Å². The highest BCUT2D eigenvalue weighted by Crippen LogP contribution is 2.43. The second kappa shape index (κ2) is 8.49. The number of benzene rings is 3. The number of hydrogen-bond acceptors (Lipinski definition) is 4. The summed E-state index contributed by atoms with van der Waals surface area (Å²) in [5, 5.41) is 21.3. The van der Waals surface area contributed by atoms with E-state index in [2.05, 4.69) is 20.8 Å². The Hall–Kier alpha value is -3.86. The van der Waals surface area contributed by atoms with E-state index in [1.165, 1.54) is 17.0 Å². The molecule has 0 spiro atoms. The highest BCUT2D eigenvalue weighted by atomic mass is 16.3. The lowest BCUT2D eigenvalue weighted by Gasteiger charge is -2.26. The highest BCUT2D eigenvalue weighted by Gasteiger charge is 2.47. The first-order valence-electron chi connectivity index (χ1n) is 11.3. The normalized spacial score (nSPS) is 17.9. The van der Waals surface area contributed by atoms with Gasteiger partial charge in [0, 0.05) is 11.3 Å². The van der Waals surface area contributed by atoms with Crippen molar-refractivity contribution in [2.24, 2.45) is 0 Å². The maximum absolute atomic E-state index is 13.4. The molecule has 1 saturated heterocycles. The number of Topliss-reactive ketones (excluding diaryl/α,β-unsaturated/α-hetero) is 1. The zero-order valence-corrected chi connectivity index (χ0v) is 20.1. The molecule has 2 N–H and O–H groups in total.